The Balaban J connectivity index is 1.23. The number of hydrogen-bond donors (Lipinski definition) is 2. The van der Waals surface area contributed by atoms with Crippen LogP contribution in [-0.4, -0.2) is 42.0 Å². The predicted molar refractivity (Wildman–Crippen MR) is 103 cm³/mol. The Morgan fingerprint density at radius 3 is 3.07 bits per heavy atom. The number of aromatic nitrogens is 2. The van der Waals surface area contributed by atoms with Gasteiger partial charge in [-0.25, -0.2) is 0 Å². The number of carbonyl (C=O) groups excluding carboxylic acids is 1. The first-order chi connectivity index (χ1) is 13.3. The number of amides is 1. The number of thiophene rings is 1. The molecule has 1 aromatic carbocycles. The molecule has 1 saturated heterocycles. The van der Waals surface area contributed by atoms with Crippen molar-refractivity contribution in [2.45, 2.75) is 12.5 Å². The van der Waals surface area contributed by atoms with Gasteiger partial charge in [0.25, 0.3) is 5.91 Å². The van der Waals surface area contributed by atoms with Crippen molar-refractivity contribution in [3.8, 4) is 22.1 Å². The second kappa shape index (κ2) is 6.62. The van der Waals surface area contributed by atoms with Gasteiger partial charge in [-0.1, -0.05) is 6.07 Å². The normalized spacial score (nSPS) is 18.1. The number of H-pyrrole nitrogens is 1. The lowest BCUT2D eigenvalue weighted by Crippen LogP contribution is -2.37. The Kier molecular flexibility index (Phi) is 3.97. The van der Waals surface area contributed by atoms with Crippen LogP contribution >= 0.6 is 11.3 Å². The molecule has 3 aromatic rings. The van der Waals surface area contributed by atoms with Gasteiger partial charge in [-0.2, -0.15) is 5.10 Å². The van der Waals surface area contributed by atoms with Crippen molar-refractivity contribution in [3.63, 3.8) is 0 Å². The van der Waals surface area contributed by atoms with E-state index >= 15 is 0 Å². The number of nitrogens with one attached hydrogen (secondary N) is 2. The molecular weight excluding hydrogens is 364 g/mol. The summed E-state index contributed by atoms with van der Waals surface area (Å²) in [5.41, 5.74) is 1.60. The van der Waals surface area contributed by atoms with Gasteiger partial charge in [0.05, 0.1) is 10.6 Å². The molecule has 1 atom stereocenters. The van der Waals surface area contributed by atoms with Crippen molar-refractivity contribution in [2.75, 3.05) is 24.8 Å². The maximum atomic E-state index is 12.6. The topological polar surface area (TPSA) is 79.5 Å². The Morgan fingerprint density at radius 1 is 1.26 bits per heavy atom. The first kappa shape index (κ1) is 16.2. The van der Waals surface area contributed by atoms with Crippen LogP contribution in [0.4, 0.5) is 5.82 Å². The Bertz CT molecular complexity index is 969. The molecule has 27 heavy (non-hydrogen) atoms. The van der Waals surface area contributed by atoms with Crippen LogP contribution in [0.3, 0.4) is 0 Å². The molecule has 0 aliphatic carbocycles. The van der Waals surface area contributed by atoms with Gasteiger partial charge in [-0.15, -0.1) is 11.3 Å². The fourth-order valence-corrected chi connectivity index (χ4v) is 4.12. The average molecular weight is 382 g/mol. The van der Waals surface area contributed by atoms with Crippen LogP contribution in [0.2, 0.25) is 0 Å². The number of aromatic amines is 1. The first-order valence-corrected chi connectivity index (χ1v) is 9.69. The number of ether oxygens (including phenoxy) is 2. The standard InChI is InChI=1S/C19H18N4O3S/c24-19(12-3-4-15-16(8-12)26-11-25-15)20-13-5-6-23(10-13)18-9-14(21-22-18)17-2-1-7-27-17/h1-4,7-9,13H,5-6,10-11H2,(H,20,24)(H,21,22). The van der Waals surface area contributed by atoms with Crippen LogP contribution in [-0.2, 0) is 0 Å². The maximum absolute atomic E-state index is 12.6. The van der Waals surface area contributed by atoms with E-state index < -0.39 is 0 Å². The van der Waals surface area contributed by atoms with E-state index in [2.05, 4.69) is 32.5 Å². The quantitative estimate of drug-likeness (QED) is 0.725. The van der Waals surface area contributed by atoms with Crippen LogP contribution in [0.5, 0.6) is 11.5 Å². The smallest absolute Gasteiger partial charge is 0.251 e. The number of anilines is 1. The summed E-state index contributed by atoms with van der Waals surface area (Å²) >= 11 is 1.68. The number of fused-ring (bicyclic) bond motifs is 1. The number of carbonyl (C=O) groups is 1. The van der Waals surface area contributed by atoms with Crippen molar-refractivity contribution >= 4 is 23.1 Å². The van der Waals surface area contributed by atoms with Gasteiger partial charge < -0.3 is 19.7 Å². The number of hydrogen-bond acceptors (Lipinski definition) is 6. The van der Waals surface area contributed by atoms with Gasteiger partial charge in [0.1, 0.15) is 0 Å². The molecule has 1 unspecified atom stereocenters. The molecule has 0 spiro atoms. The van der Waals surface area contributed by atoms with Crippen LogP contribution in [0.15, 0.2) is 41.8 Å². The number of benzene rings is 1. The highest BCUT2D eigenvalue weighted by Gasteiger charge is 2.26. The highest BCUT2D eigenvalue weighted by Crippen LogP contribution is 2.32. The van der Waals surface area contributed by atoms with E-state index in [0.717, 1.165) is 31.0 Å². The first-order valence-electron chi connectivity index (χ1n) is 8.81. The molecule has 2 N–H and O–H groups in total. The molecule has 2 aliphatic rings. The van der Waals surface area contributed by atoms with Crippen LogP contribution in [0.25, 0.3) is 10.6 Å². The third-order valence-corrected chi connectivity index (χ3v) is 5.74. The average Bonchev–Trinajstić information content (AvgIpc) is 3.47. The van der Waals surface area contributed by atoms with Crippen LogP contribution < -0.4 is 19.7 Å². The molecule has 8 heteroatoms. The number of rotatable bonds is 4. The minimum absolute atomic E-state index is 0.0878. The summed E-state index contributed by atoms with van der Waals surface area (Å²) in [6.07, 6.45) is 0.886. The highest BCUT2D eigenvalue weighted by atomic mass is 32.1. The molecule has 7 nitrogen and oxygen atoms in total. The molecule has 2 aromatic heterocycles. The predicted octanol–water partition coefficient (Wildman–Crippen LogP) is 2.88. The van der Waals surface area contributed by atoms with Crippen molar-refractivity contribution in [2.24, 2.45) is 0 Å². The maximum Gasteiger partial charge on any atom is 0.251 e. The van der Waals surface area contributed by atoms with E-state index in [9.17, 15) is 4.79 Å². The van der Waals surface area contributed by atoms with Gasteiger partial charge in [-0.3, -0.25) is 9.89 Å². The van der Waals surface area contributed by atoms with Crippen molar-refractivity contribution in [3.05, 3.63) is 47.3 Å². The van der Waals surface area contributed by atoms with Crippen molar-refractivity contribution in [1.29, 1.82) is 0 Å². The van der Waals surface area contributed by atoms with Gasteiger partial charge in [0, 0.05) is 30.8 Å². The zero-order chi connectivity index (χ0) is 18.2. The summed E-state index contributed by atoms with van der Waals surface area (Å²) in [6, 6.07) is 11.5. The molecule has 138 valence electrons. The summed E-state index contributed by atoms with van der Waals surface area (Å²) in [4.78, 5) is 15.9. The van der Waals surface area contributed by atoms with E-state index in [1.807, 2.05) is 11.4 Å². The van der Waals surface area contributed by atoms with Gasteiger partial charge in [0.2, 0.25) is 6.79 Å². The third-order valence-electron chi connectivity index (χ3n) is 4.83. The molecule has 1 amide bonds. The molecule has 1 fully saturated rings. The minimum Gasteiger partial charge on any atom is -0.454 e. The van der Waals surface area contributed by atoms with Crippen molar-refractivity contribution in [1.82, 2.24) is 15.5 Å². The molecule has 0 bridgehead atoms. The number of nitrogens with zero attached hydrogens (tertiary/aromatic N) is 2. The molecular formula is C19H18N4O3S. The van der Waals surface area contributed by atoms with E-state index in [-0.39, 0.29) is 18.7 Å². The lowest BCUT2D eigenvalue weighted by molar-refractivity contribution is 0.0940. The summed E-state index contributed by atoms with van der Waals surface area (Å²) in [5.74, 6) is 2.12. The lowest BCUT2D eigenvalue weighted by Gasteiger charge is -2.16. The molecule has 0 radical (unpaired) electrons. The summed E-state index contributed by atoms with van der Waals surface area (Å²) in [5, 5.41) is 12.7. The van der Waals surface area contributed by atoms with Crippen LogP contribution in [0.1, 0.15) is 16.8 Å². The van der Waals surface area contributed by atoms with Gasteiger partial charge in [-0.05, 0) is 36.1 Å². The fourth-order valence-electron chi connectivity index (χ4n) is 3.42. The van der Waals surface area contributed by atoms with Crippen molar-refractivity contribution < 1.29 is 14.3 Å². The molecule has 4 heterocycles. The summed E-state index contributed by atoms with van der Waals surface area (Å²) in [7, 11) is 0. The SMILES string of the molecule is O=C(NC1CCN(c2cc(-c3cccs3)[nH]n2)C1)c1ccc2c(c1)OCO2. The fraction of sp³-hybridized carbons (Fsp3) is 0.263. The second-order valence-electron chi connectivity index (χ2n) is 6.59. The molecule has 5 rings (SSSR count). The van der Waals surface area contributed by atoms with E-state index in [1.165, 1.54) is 4.88 Å². The second-order valence-corrected chi connectivity index (χ2v) is 7.54. The van der Waals surface area contributed by atoms with Gasteiger partial charge >= 0.3 is 0 Å². The van der Waals surface area contributed by atoms with Crippen LogP contribution in [0, 0.1) is 0 Å². The van der Waals surface area contributed by atoms with E-state index in [4.69, 9.17) is 9.47 Å². The monoisotopic (exact) mass is 382 g/mol. The largest absolute Gasteiger partial charge is 0.454 e. The van der Waals surface area contributed by atoms with E-state index in [0.29, 0.717) is 17.1 Å². The zero-order valence-corrected chi connectivity index (χ0v) is 15.3. The lowest BCUT2D eigenvalue weighted by atomic mass is 10.1. The molecule has 2 aliphatic heterocycles. The molecule has 0 saturated carbocycles. The summed E-state index contributed by atoms with van der Waals surface area (Å²) < 4.78 is 10.6. The minimum atomic E-state index is -0.0959. The summed E-state index contributed by atoms with van der Waals surface area (Å²) in [6.45, 7) is 1.81. The third kappa shape index (κ3) is 3.12. The Morgan fingerprint density at radius 2 is 2.19 bits per heavy atom. The Hall–Kier alpha value is -3.00. The zero-order valence-electron chi connectivity index (χ0n) is 14.5. The van der Waals surface area contributed by atoms with Gasteiger partial charge in [0.15, 0.2) is 17.3 Å². The Labute approximate surface area is 159 Å². The highest BCUT2D eigenvalue weighted by molar-refractivity contribution is 7.13. The van der Waals surface area contributed by atoms with E-state index in [1.54, 1.807) is 29.5 Å².